The van der Waals surface area contributed by atoms with Gasteiger partial charge in [-0.3, -0.25) is 4.79 Å². The number of carbonyl (C=O) groups is 1. The Morgan fingerprint density at radius 1 is 1.04 bits per heavy atom. The van der Waals surface area contributed by atoms with Crippen LogP contribution in [0.15, 0.2) is 48.5 Å². The number of rotatable bonds is 6. The zero-order valence-electron chi connectivity index (χ0n) is 15.8. The van der Waals surface area contributed by atoms with E-state index in [1.807, 2.05) is 30.3 Å². The van der Waals surface area contributed by atoms with Gasteiger partial charge in [-0.25, -0.2) is 4.98 Å². The van der Waals surface area contributed by atoms with E-state index in [1.165, 1.54) is 11.1 Å². The lowest BCUT2D eigenvalue weighted by molar-refractivity contribution is 0.0954. The molecule has 26 heavy (non-hydrogen) atoms. The normalized spacial score (nSPS) is 10.9. The molecule has 0 aliphatic heterocycles. The number of aryl methyl sites for hydroxylation is 2. The molecule has 1 amide bonds. The first-order valence-electron chi connectivity index (χ1n) is 9.35. The molecule has 3 rings (SSSR count). The van der Waals surface area contributed by atoms with Gasteiger partial charge in [0.05, 0.1) is 16.8 Å². The standard InChI is InChI=1S/C23H26N2O/c1-4-5-8-13-24-23(26)20-15-22(18-12-11-16(2)14-17(18)3)25-21-10-7-6-9-19(20)21/h6-7,9-12,14-15H,4-5,8,13H2,1-3H3,(H,24,26). The minimum absolute atomic E-state index is 0.0225. The van der Waals surface area contributed by atoms with Gasteiger partial charge in [-0.1, -0.05) is 61.7 Å². The van der Waals surface area contributed by atoms with Crippen LogP contribution in [0.4, 0.5) is 0 Å². The van der Waals surface area contributed by atoms with E-state index < -0.39 is 0 Å². The maximum Gasteiger partial charge on any atom is 0.252 e. The topological polar surface area (TPSA) is 42.0 Å². The Hall–Kier alpha value is -2.68. The Morgan fingerprint density at radius 3 is 2.62 bits per heavy atom. The summed E-state index contributed by atoms with van der Waals surface area (Å²) in [6.07, 6.45) is 3.28. The molecule has 0 saturated carbocycles. The molecule has 0 radical (unpaired) electrons. The molecule has 3 heteroatoms. The van der Waals surface area contributed by atoms with Crippen LogP contribution in [0.25, 0.3) is 22.2 Å². The summed E-state index contributed by atoms with van der Waals surface area (Å²) in [7, 11) is 0. The van der Waals surface area contributed by atoms with Gasteiger partial charge >= 0.3 is 0 Å². The molecule has 2 aromatic carbocycles. The number of fused-ring (bicyclic) bond motifs is 1. The van der Waals surface area contributed by atoms with E-state index >= 15 is 0 Å². The maximum atomic E-state index is 12.8. The molecule has 0 atom stereocenters. The highest BCUT2D eigenvalue weighted by Crippen LogP contribution is 2.27. The predicted octanol–water partition coefficient (Wildman–Crippen LogP) is 5.44. The largest absolute Gasteiger partial charge is 0.352 e. The van der Waals surface area contributed by atoms with Gasteiger partial charge in [-0.05, 0) is 38.0 Å². The predicted molar refractivity (Wildman–Crippen MR) is 109 cm³/mol. The highest BCUT2D eigenvalue weighted by molar-refractivity contribution is 6.07. The number of para-hydroxylation sites is 1. The van der Waals surface area contributed by atoms with Crippen molar-refractivity contribution >= 4 is 16.8 Å². The Kier molecular flexibility index (Phi) is 5.67. The monoisotopic (exact) mass is 346 g/mol. The number of pyridine rings is 1. The summed E-state index contributed by atoms with van der Waals surface area (Å²) in [5, 5.41) is 3.96. The second-order valence-electron chi connectivity index (χ2n) is 6.85. The van der Waals surface area contributed by atoms with Crippen LogP contribution in [0.3, 0.4) is 0 Å². The lowest BCUT2D eigenvalue weighted by Gasteiger charge is -2.12. The van der Waals surface area contributed by atoms with E-state index in [1.54, 1.807) is 0 Å². The quantitative estimate of drug-likeness (QED) is 0.604. The molecule has 3 aromatic rings. The fourth-order valence-electron chi connectivity index (χ4n) is 3.27. The van der Waals surface area contributed by atoms with Gasteiger partial charge in [0.25, 0.3) is 5.91 Å². The third-order valence-corrected chi connectivity index (χ3v) is 4.68. The van der Waals surface area contributed by atoms with Crippen molar-refractivity contribution in [3.05, 3.63) is 65.2 Å². The van der Waals surface area contributed by atoms with E-state index in [0.717, 1.165) is 41.4 Å². The van der Waals surface area contributed by atoms with Crippen molar-refractivity contribution in [1.29, 1.82) is 0 Å². The van der Waals surface area contributed by atoms with Crippen molar-refractivity contribution in [2.75, 3.05) is 6.54 Å². The van der Waals surface area contributed by atoms with Crippen molar-refractivity contribution < 1.29 is 4.79 Å². The summed E-state index contributed by atoms with van der Waals surface area (Å²) in [4.78, 5) is 17.6. The van der Waals surface area contributed by atoms with Crippen LogP contribution < -0.4 is 5.32 Å². The van der Waals surface area contributed by atoms with E-state index in [4.69, 9.17) is 4.98 Å². The van der Waals surface area contributed by atoms with E-state index in [2.05, 4.69) is 44.3 Å². The molecule has 0 aliphatic carbocycles. The molecule has 0 fully saturated rings. The summed E-state index contributed by atoms with van der Waals surface area (Å²) in [6.45, 7) is 7.04. The lowest BCUT2D eigenvalue weighted by Crippen LogP contribution is -2.24. The zero-order valence-corrected chi connectivity index (χ0v) is 15.8. The van der Waals surface area contributed by atoms with Gasteiger partial charge in [-0.15, -0.1) is 0 Å². The Balaban J connectivity index is 2.02. The minimum atomic E-state index is -0.0225. The smallest absolute Gasteiger partial charge is 0.252 e. The average Bonchev–Trinajstić information content (AvgIpc) is 2.64. The summed E-state index contributed by atoms with van der Waals surface area (Å²) in [6, 6.07) is 16.1. The number of nitrogens with one attached hydrogen (secondary N) is 1. The first kappa shape index (κ1) is 18.1. The number of hydrogen-bond donors (Lipinski definition) is 1. The van der Waals surface area contributed by atoms with Crippen molar-refractivity contribution in [3.8, 4) is 11.3 Å². The molecule has 134 valence electrons. The number of aromatic nitrogens is 1. The molecule has 0 spiro atoms. The summed E-state index contributed by atoms with van der Waals surface area (Å²) >= 11 is 0. The summed E-state index contributed by atoms with van der Waals surface area (Å²) in [5.41, 5.74) is 5.86. The summed E-state index contributed by atoms with van der Waals surface area (Å²) in [5.74, 6) is -0.0225. The lowest BCUT2D eigenvalue weighted by atomic mass is 9.99. The van der Waals surface area contributed by atoms with Crippen LogP contribution in [0.5, 0.6) is 0 Å². The van der Waals surface area contributed by atoms with E-state index in [-0.39, 0.29) is 5.91 Å². The van der Waals surface area contributed by atoms with E-state index in [0.29, 0.717) is 12.1 Å². The molecule has 1 N–H and O–H groups in total. The van der Waals surface area contributed by atoms with Crippen molar-refractivity contribution in [2.24, 2.45) is 0 Å². The minimum Gasteiger partial charge on any atom is -0.352 e. The highest BCUT2D eigenvalue weighted by Gasteiger charge is 2.14. The van der Waals surface area contributed by atoms with Crippen LogP contribution >= 0.6 is 0 Å². The Labute approximate surface area is 155 Å². The van der Waals surface area contributed by atoms with Crippen LogP contribution in [-0.4, -0.2) is 17.4 Å². The molecule has 0 aliphatic rings. The number of unbranched alkanes of at least 4 members (excludes halogenated alkanes) is 2. The molecule has 0 bridgehead atoms. The van der Waals surface area contributed by atoms with Crippen LogP contribution in [0.2, 0.25) is 0 Å². The fraction of sp³-hybridized carbons (Fsp3) is 0.304. The molecule has 0 unspecified atom stereocenters. The number of amides is 1. The highest BCUT2D eigenvalue weighted by atomic mass is 16.1. The Morgan fingerprint density at radius 2 is 1.85 bits per heavy atom. The molecule has 3 nitrogen and oxygen atoms in total. The van der Waals surface area contributed by atoms with Crippen molar-refractivity contribution in [3.63, 3.8) is 0 Å². The van der Waals surface area contributed by atoms with Gasteiger partial charge in [0, 0.05) is 17.5 Å². The third kappa shape index (κ3) is 3.93. The summed E-state index contributed by atoms with van der Waals surface area (Å²) < 4.78 is 0. The van der Waals surface area contributed by atoms with Gasteiger partial charge in [-0.2, -0.15) is 0 Å². The number of hydrogen-bond acceptors (Lipinski definition) is 2. The SMILES string of the molecule is CCCCCNC(=O)c1cc(-c2ccc(C)cc2C)nc2ccccc12. The molecule has 0 saturated heterocycles. The number of nitrogens with zero attached hydrogens (tertiary/aromatic N) is 1. The van der Waals surface area contributed by atoms with Crippen LogP contribution in [0, 0.1) is 13.8 Å². The number of carbonyl (C=O) groups excluding carboxylic acids is 1. The van der Waals surface area contributed by atoms with Crippen LogP contribution in [-0.2, 0) is 0 Å². The third-order valence-electron chi connectivity index (χ3n) is 4.68. The first-order valence-corrected chi connectivity index (χ1v) is 9.35. The zero-order chi connectivity index (χ0) is 18.5. The molecular weight excluding hydrogens is 320 g/mol. The fourth-order valence-corrected chi connectivity index (χ4v) is 3.27. The van der Waals surface area contributed by atoms with Gasteiger partial charge in [0.15, 0.2) is 0 Å². The first-order chi connectivity index (χ1) is 12.6. The van der Waals surface area contributed by atoms with Gasteiger partial charge < -0.3 is 5.32 Å². The molecule has 1 aromatic heterocycles. The molecular formula is C23H26N2O. The van der Waals surface area contributed by atoms with Gasteiger partial charge in [0.2, 0.25) is 0 Å². The average molecular weight is 346 g/mol. The second kappa shape index (κ2) is 8.13. The Bertz CT molecular complexity index is 931. The maximum absolute atomic E-state index is 12.8. The molecule has 1 heterocycles. The van der Waals surface area contributed by atoms with Crippen LogP contribution in [0.1, 0.15) is 47.7 Å². The van der Waals surface area contributed by atoms with E-state index in [9.17, 15) is 4.79 Å². The van der Waals surface area contributed by atoms with Crippen molar-refractivity contribution in [2.45, 2.75) is 40.0 Å². The van der Waals surface area contributed by atoms with Crippen molar-refractivity contribution in [1.82, 2.24) is 10.3 Å². The van der Waals surface area contributed by atoms with Gasteiger partial charge in [0.1, 0.15) is 0 Å². The second-order valence-corrected chi connectivity index (χ2v) is 6.85. The number of benzene rings is 2.